The topological polar surface area (TPSA) is 89.5 Å². The van der Waals surface area contributed by atoms with E-state index in [0.717, 1.165) is 0 Å². The number of hydrogen-bond donors (Lipinski definition) is 0. The van der Waals surface area contributed by atoms with Crippen LogP contribution in [0.25, 0.3) is 0 Å². The van der Waals surface area contributed by atoms with E-state index >= 15 is 0 Å². The Balaban J connectivity index is 6.29. The number of rotatable bonds is 11. The molecule has 0 bridgehead atoms. The van der Waals surface area contributed by atoms with Crippen molar-refractivity contribution < 1.29 is 42.9 Å². The van der Waals surface area contributed by atoms with Crippen LogP contribution in [0.1, 0.15) is 34.6 Å². The second-order valence-electron chi connectivity index (χ2n) is 3.72. The van der Waals surface area contributed by atoms with E-state index in [1.807, 2.05) is 0 Å². The molecule has 0 aliphatic carbocycles. The van der Waals surface area contributed by atoms with Gasteiger partial charge >= 0.3 is 111 Å². The third-order valence-electron chi connectivity index (χ3n) is 2.13. The molecular formula is C10H25NbO8. The minimum atomic E-state index is -8.66. The Morgan fingerprint density at radius 3 is 1.16 bits per heavy atom. The molecule has 0 N–H and O–H groups in total. The first-order valence-electron chi connectivity index (χ1n) is 6.42. The zero-order valence-corrected chi connectivity index (χ0v) is 14.4. The maximum absolute atomic E-state index is 13.4. The summed E-state index contributed by atoms with van der Waals surface area (Å²) in [5.41, 5.74) is 0. The zero-order valence-electron chi connectivity index (χ0n) is 12.2. The molecule has 0 saturated heterocycles. The van der Waals surface area contributed by atoms with Crippen molar-refractivity contribution in [3.8, 4) is 0 Å². The molecule has 118 valence electrons. The van der Waals surface area contributed by atoms with Gasteiger partial charge in [0.05, 0.1) is 0 Å². The van der Waals surface area contributed by atoms with E-state index in [9.17, 15) is 6.50 Å². The van der Waals surface area contributed by atoms with Gasteiger partial charge in [-0.15, -0.1) is 0 Å². The van der Waals surface area contributed by atoms with Crippen LogP contribution in [0.3, 0.4) is 0 Å². The van der Waals surface area contributed by atoms with Crippen molar-refractivity contribution in [2.24, 2.45) is 0 Å². The predicted molar refractivity (Wildman–Crippen MR) is 60.6 cm³/mol. The van der Waals surface area contributed by atoms with Gasteiger partial charge in [0.15, 0.2) is 0 Å². The minimum absolute atomic E-state index is 0.0704. The summed E-state index contributed by atoms with van der Waals surface area (Å²) < 4.78 is 50.9. The Morgan fingerprint density at radius 2 is 0.947 bits per heavy atom. The van der Waals surface area contributed by atoms with Gasteiger partial charge in [-0.2, -0.15) is 0 Å². The fraction of sp³-hybridized carbons (Fsp3) is 1.00. The maximum atomic E-state index is 13.4. The van der Waals surface area contributed by atoms with Crippen LogP contribution in [0.15, 0.2) is 0 Å². The molecule has 0 fully saturated rings. The molecule has 19 heavy (non-hydrogen) atoms. The summed E-state index contributed by atoms with van der Waals surface area (Å²) >= 11 is -8.66. The SMILES string of the molecule is CCO[O][Nb](=[O])(=[O])([O]CC)([O]CC)([O]CC)[O]CC. The van der Waals surface area contributed by atoms with Gasteiger partial charge in [0.25, 0.3) is 0 Å². The summed E-state index contributed by atoms with van der Waals surface area (Å²) in [6.45, 7) is 5.99. The van der Waals surface area contributed by atoms with Crippen molar-refractivity contribution in [3.63, 3.8) is 0 Å². The first kappa shape index (κ1) is 19.1. The summed E-state index contributed by atoms with van der Waals surface area (Å²) in [5, 5.41) is 0. The van der Waals surface area contributed by atoms with E-state index in [0.29, 0.717) is 0 Å². The van der Waals surface area contributed by atoms with Gasteiger partial charge in [0.1, 0.15) is 0 Å². The Bertz CT molecular complexity index is 424. The molecular weight excluding hydrogens is 341 g/mol. The molecule has 0 aromatic heterocycles. The van der Waals surface area contributed by atoms with Gasteiger partial charge in [-0.1, -0.05) is 0 Å². The first-order chi connectivity index (χ1) is 8.63. The van der Waals surface area contributed by atoms with E-state index < -0.39 is 15.1 Å². The molecule has 0 heterocycles. The van der Waals surface area contributed by atoms with E-state index in [1.165, 1.54) is 34.6 Å². The van der Waals surface area contributed by atoms with Crippen molar-refractivity contribution in [3.05, 3.63) is 0 Å². The summed E-state index contributed by atoms with van der Waals surface area (Å²) in [5.74, 6) is 0. The molecule has 0 unspecified atom stereocenters. The van der Waals surface area contributed by atoms with Gasteiger partial charge < -0.3 is 0 Å². The molecule has 0 rings (SSSR count). The van der Waals surface area contributed by atoms with E-state index in [1.54, 1.807) is 0 Å². The molecule has 0 aromatic carbocycles. The van der Waals surface area contributed by atoms with Crippen LogP contribution in [-0.4, -0.2) is 33.0 Å². The van der Waals surface area contributed by atoms with E-state index in [2.05, 4.69) is 8.28 Å². The normalized spacial score (nSPS) is 18.3. The molecule has 9 heteroatoms. The molecule has 0 amide bonds. The molecule has 0 atom stereocenters. The summed E-state index contributed by atoms with van der Waals surface area (Å²) in [6.07, 6.45) is 0. The summed E-state index contributed by atoms with van der Waals surface area (Å²) in [4.78, 5) is 4.58. The van der Waals surface area contributed by atoms with Gasteiger partial charge in [0, 0.05) is 0 Å². The van der Waals surface area contributed by atoms with Crippen LogP contribution in [0.4, 0.5) is 0 Å². The Hall–Kier alpha value is 0.100. The quantitative estimate of drug-likeness (QED) is 0.312. The van der Waals surface area contributed by atoms with Crippen LogP contribution >= 0.6 is 0 Å². The average molecular weight is 366 g/mol. The second-order valence-corrected chi connectivity index (χ2v) is 14.3. The Morgan fingerprint density at radius 1 is 0.632 bits per heavy atom. The van der Waals surface area contributed by atoms with Crippen LogP contribution < -0.4 is 0 Å². The molecule has 0 saturated carbocycles. The van der Waals surface area contributed by atoms with E-state index in [4.69, 9.17) is 13.0 Å². The van der Waals surface area contributed by atoms with Crippen LogP contribution in [0.2, 0.25) is 0 Å². The summed E-state index contributed by atoms with van der Waals surface area (Å²) in [7, 11) is 0. The monoisotopic (exact) mass is 366 g/mol. The second kappa shape index (κ2) is 5.14. The standard InChI is InChI=1S/C2H6O2.4C2H5O.Nb.2O/c1-2-4-3;4*1-2-3;;;/h3H,2H2,1H3;4*2H2,1H3;;;/q;4*-1;+5;;/p-1. The van der Waals surface area contributed by atoms with Gasteiger partial charge in [-0.25, -0.2) is 0 Å². The van der Waals surface area contributed by atoms with Crippen molar-refractivity contribution >= 4 is 0 Å². The molecule has 0 aromatic rings. The van der Waals surface area contributed by atoms with Crippen LogP contribution in [-0.2, 0) is 42.9 Å². The zero-order chi connectivity index (χ0) is 15.2. The third kappa shape index (κ3) is 3.60. The van der Waals surface area contributed by atoms with Gasteiger partial charge in [-0.05, 0) is 0 Å². The third-order valence-corrected chi connectivity index (χ3v) is 12.0. The van der Waals surface area contributed by atoms with Crippen molar-refractivity contribution in [1.29, 1.82) is 0 Å². The van der Waals surface area contributed by atoms with Crippen LogP contribution in [0, 0.1) is 0 Å². The Labute approximate surface area is 111 Å². The van der Waals surface area contributed by atoms with Crippen molar-refractivity contribution in [2.45, 2.75) is 34.6 Å². The molecule has 8 nitrogen and oxygen atoms in total. The first-order valence-corrected chi connectivity index (χ1v) is 12.7. The van der Waals surface area contributed by atoms with Crippen LogP contribution in [0.5, 0.6) is 0 Å². The predicted octanol–water partition coefficient (Wildman–Crippen LogP) is 2.13. The summed E-state index contributed by atoms with van der Waals surface area (Å²) in [6, 6.07) is 0. The molecule has 0 aliphatic rings. The Kier molecular flexibility index (Phi) is 5.16. The average Bonchev–Trinajstić information content (AvgIpc) is 2.28. The molecule has 0 spiro atoms. The van der Waals surface area contributed by atoms with Crippen molar-refractivity contribution in [2.75, 3.05) is 33.0 Å². The van der Waals surface area contributed by atoms with Gasteiger partial charge in [-0.3, -0.25) is 0 Å². The fourth-order valence-electron chi connectivity index (χ4n) is 1.76. The van der Waals surface area contributed by atoms with Gasteiger partial charge in [0.2, 0.25) is 0 Å². The van der Waals surface area contributed by atoms with E-state index in [-0.39, 0.29) is 33.0 Å². The molecule has 0 aliphatic heterocycles. The number of hydrogen-bond acceptors (Lipinski definition) is 8. The van der Waals surface area contributed by atoms with Crippen molar-refractivity contribution in [1.82, 2.24) is 0 Å². The fourth-order valence-corrected chi connectivity index (χ4v) is 10.4. The molecule has 0 radical (unpaired) electrons.